The number of benzene rings is 1. The molecule has 110 valence electrons. The Labute approximate surface area is 120 Å². The third-order valence-corrected chi connectivity index (χ3v) is 4.34. The van der Waals surface area contributed by atoms with E-state index in [1.807, 2.05) is 0 Å². The number of rotatable bonds is 4. The quantitative estimate of drug-likeness (QED) is 0.639. The van der Waals surface area contributed by atoms with Crippen LogP contribution in [0.2, 0.25) is 0 Å². The minimum atomic E-state index is -4.00. The third-order valence-electron chi connectivity index (χ3n) is 2.74. The highest BCUT2D eigenvalue weighted by Crippen LogP contribution is 2.25. The Morgan fingerprint density at radius 1 is 1.19 bits per heavy atom. The Balaban J connectivity index is 2.46. The maximum absolute atomic E-state index is 12.8. The van der Waals surface area contributed by atoms with Gasteiger partial charge in [0.05, 0.1) is 10.7 Å². The fourth-order valence-corrected chi connectivity index (χ4v) is 3.27. The summed E-state index contributed by atoms with van der Waals surface area (Å²) in [5, 5.41) is 10.4. The molecule has 0 amide bonds. The molecule has 0 saturated heterocycles. The van der Waals surface area contributed by atoms with Crippen LogP contribution >= 0.6 is 0 Å². The summed E-state index contributed by atoms with van der Waals surface area (Å²) in [4.78, 5) is 13.9. The molecule has 1 aromatic carbocycles. The SMILES string of the molecule is Cc1ccc([N+](=O)[O-])c(S(=O)(=O)Cc2ccc(F)cc2)n1. The molecular formula is C13H11FN2O4S. The van der Waals surface area contributed by atoms with Gasteiger partial charge in [0.2, 0.25) is 14.9 Å². The van der Waals surface area contributed by atoms with Crippen LogP contribution in [0.15, 0.2) is 41.4 Å². The minimum absolute atomic E-state index is 0.328. The third kappa shape index (κ3) is 3.40. The van der Waals surface area contributed by atoms with Crippen LogP contribution in [0.4, 0.5) is 10.1 Å². The molecule has 0 radical (unpaired) electrons. The van der Waals surface area contributed by atoms with Gasteiger partial charge in [-0.15, -0.1) is 0 Å². The van der Waals surface area contributed by atoms with Crippen LogP contribution in [0, 0.1) is 22.9 Å². The largest absolute Gasteiger partial charge is 0.306 e. The first-order chi connectivity index (χ1) is 9.79. The number of pyridine rings is 1. The summed E-state index contributed by atoms with van der Waals surface area (Å²) < 4.78 is 37.4. The molecule has 8 heteroatoms. The van der Waals surface area contributed by atoms with Crippen molar-refractivity contribution >= 4 is 15.5 Å². The van der Waals surface area contributed by atoms with Crippen molar-refractivity contribution in [1.82, 2.24) is 4.98 Å². The number of aryl methyl sites for hydroxylation is 1. The van der Waals surface area contributed by atoms with Gasteiger partial charge < -0.3 is 0 Å². The molecule has 0 N–H and O–H groups in total. The second-order valence-corrected chi connectivity index (χ2v) is 6.32. The lowest BCUT2D eigenvalue weighted by atomic mass is 10.2. The number of halogens is 1. The molecule has 0 bridgehead atoms. The first-order valence-corrected chi connectivity index (χ1v) is 7.54. The molecular weight excluding hydrogens is 299 g/mol. The van der Waals surface area contributed by atoms with Crippen molar-refractivity contribution in [2.45, 2.75) is 17.7 Å². The van der Waals surface area contributed by atoms with Crippen LogP contribution in [0.3, 0.4) is 0 Å². The predicted molar refractivity (Wildman–Crippen MR) is 72.9 cm³/mol. The van der Waals surface area contributed by atoms with E-state index >= 15 is 0 Å². The topological polar surface area (TPSA) is 90.2 Å². The summed E-state index contributed by atoms with van der Waals surface area (Å²) in [5.41, 5.74) is 0.120. The van der Waals surface area contributed by atoms with Crippen molar-refractivity contribution in [3.05, 3.63) is 63.6 Å². The fourth-order valence-electron chi connectivity index (χ4n) is 1.76. The molecule has 0 saturated carbocycles. The summed E-state index contributed by atoms with van der Waals surface area (Å²) in [6, 6.07) is 7.36. The maximum Gasteiger partial charge on any atom is 0.306 e. The summed E-state index contributed by atoms with van der Waals surface area (Å²) in [5.74, 6) is -0.972. The van der Waals surface area contributed by atoms with Gasteiger partial charge in [-0.05, 0) is 30.7 Å². The molecule has 6 nitrogen and oxygen atoms in total. The van der Waals surface area contributed by atoms with E-state index in [0.29, 0.717) is 11.3 Å². The molecule has 1 aromatic heterocycles. The Kier molecular flexibility index (Phi) is 3.99. The molecule has 0 unspecified atom stereocenters. The average molecular weight is 310 g/mol. The Hall–Kier alpha value is -2.35. The van der Waals surface area contributed by atoms with Crippen LogP contribution in [0.1, 0.15) is 11.3 Å². The summed E-state index contributed by atoms with van der Waals surface area (Å²) in [7, 11) is -4.00. The molecule has 0 fully saturated rings. The standard InChI is InChI=1S/C13H11FN2O4S/c1-9-2-7-12(16(17)18)13(15-9)21(19,20)8-10-3-5-11(14)6-4-10/h2-7H,8H2,1H3. The van der Waals surface area contributed by atoms with Gasteiger partial charge in [-0.25, -0.2) is 17.8 Å². The number of sulfone groups is 1. The fraction of sp³-hybridized carbons (Fsp3) is 0.154. The molecule has 1 heterocycles. The number of aromatic nitrogens is 1. The molecule has 0 aliphatic carbocycles. The van der Waals surface area contributed by atoms with Gasteiger partial charge in [0, 0.05) is 11.8 Å². The lowest BCUT2D eigenvalue weighted by molar-refractivity contribution is -0.388. The first kappa shape index (κ1) is 15.0. The van der Waals surface area contributed by atoms with Gasteiger partial charge in [0.25, 0.3) is 0 Å². The summed E-state index contributed by atoms with van der Waals surface area (Å²) in [6.45, 7) is 1.54. The van der Waals surface area contributed by atoms with Crippen molar-refractivity contribution in [1.29, 1.82) is 0 Å². The van der Waals surface area contributed by atoms with Crippen LogP contribution in [0.25, 0.3) is 0 Å². The number of nitrogens with zero attached hydrogens (tertiary/aromatic N) is 2. The van der Waals surface area contributed by atoms with E-state index in [2.05, 4.69) is 4.98 Å². The summed E-state index contributed by atoms with van der Waals surface area (Å²) in [6.07, 6.45) is 0. The van der Waals surface area contributed by atoms with Gasteiger partial charge in [-0.1, -0.05) is 12.1 Å². The molecule has 2 rings (SSSR count). The number of hydrogen-bond donors (Lipinski definition) is 0. The highest BCUT2D eigenvalue weighted by molar-refractivity contribution is 7.90. The van der Waals surface area contributed by atoms with Crippen LogP contribution in [0.5, 0.6) is 0 Å². The van der Waals surface area contributed by atoms with E-state index < -0.39 is 37.0 Å². The zero-order valence-corrected chi connectivity index (χ0v) is 11.8. The van der Waals surface area contributed by atoms with Crippen molar-refractivity contribution < 1.29 is 17.7 Å². The molecule has 2 aromatic rings. The van der Waals surface area contributed by atoms with Crippen LogP contribution in [-0.2, 0) is 15.6 Å². The van der Waals surface area contributed by atoms with Gasteiger partial charge in [-0.3, -0.25) is 10.1 Å². The molecule has 0 aliphatic heterocycles. The lowest BCUT2D eigenvalue weighted by Gasteiger charge is -2.05. The van der Waals surface area contributed by atoms with Gasteiger partial charge in [0.15, 0.2) is 0 Å². The monoisotopic (exact) mass is 310 g/mol. The van der Waals surface area contributed by atoms with E-state index in [9.17, 15) is 22.9 Å². The smallest absolute Gasteiger partial charge is 0.258 e. The van der Waals surface area contributed by atoms with E-state index in [0.717, 1.165) is 18.2 Å². The number of nitro groups is 1. The highest BCUT2D eigenvalue weighted by Gasteiger charge is 2.28. The van der Waals surface area contributed by atoms with Crippen molar-refractivity contribution in [2.75, 3.05) is 0 Å². The van der Waals surface area contributed by atoms with Crippen LogP contribution in [-0.4, -0.2) is 18.3 Å². The minimum Gasteiger partial charge on any atom is -0.258 e. The zero-order valence-electron chi connectivity index (χ0n) is 11.0. The second-order valence-electron chi connectivity index (χ2n) is 4.42. The molecule has 0 aliphatic rings. The zero-order chi connectivity index (χ0) is 15.6. The van der Waals surface area contributed by atoms with E-state index in [1.54, 1.807) is 6.92 Å². The van der Waals surface area contributed by atoms with Crippen molar-refractivity contribution in [3.8, 4) is 0 Å². The van der Waals surface area contributed by atoms with Gasteiger partial charge in [0.1, 0.15) is 5.82 Å². The molecule has 0 spiro atoms. The van der Waals surface area contributed by atoms with Gasteiger partial charge >= 0.3 is 5.69 Å². The Bertz CT molecular complexity index is 788. The Morgan fingerprint density at radius 2 is 1.81 bits per heavy atom. The molecule has 21 heavy (non-hydrogen) atoms. The van der Waals surface area contributed by atoms with E-state index in [1.165, 1.54) is 18.2 Å². The normalized spacial score (nSPS) is 11.3. The van der Waals surface area contributed by atoms with Crippen molar-refractivity contribution in [3.63, 3.8) is 0 Å². The highest BCUT2D eigenvalue weighted by atomic mass is 32.2. The Morgan fingerprint density at radius 3 is 2.38 bits per heavy atom. The van der Waals surface area contributed by atoms with Crippen molar-refractivity contribution in [2.24, 2.45) is 0 Å². The first-order valence-electron chi connectivity index (χ1n) is 5.89. The molecule has 0 atom stereocenters. The number of hydrogen-bond acceptors (Lipinski definition) is 5. The van der Waals surface area contributed by atoms with Gasteiger partial charge in [-0.2, -0.15) is 0 Å². The second kappa shape index (κ2) is 5.57. The van der Waals surface area contributed by atoms with E-state index in [-0.39, 0.29) is 0 Å². The lowest BCUT2D eigenvalue weighted by Crippen LogP contribution is -2.11. The summed E-state index contributed by atoms with van der Waals surface area (Å²) >= 11 is 0. The predicted octanol–water partition coefficient (Wildman–Crippen LogP) is 2.41. The van der Waals surface area contributed by atoms with Crippen LogP contribution < -0.4 is 0 Å². The maximum atomic E-state index is 12.8. The average Bonchev–Trinajstić information content (AvgIpc) is 2.41. The van der Waals surface area contributed by atoms with E-state index in [4.69, 9.17) is 0 Å².